The van der Waals surface area contributed by atoms with Crippen LogP contribution in [0.3, 0.4) is 0 Å². The van der Waals surface area contributed by atoms with Crippen molar-refractivity contribution in [2.24, 2.45) is 0 Å². The van der Waals surface area contributed by atoms with E-state index in [1.54, 1.807) is 0 Å². The van der Waals surface area contributed by atoms with Crippen molar-refractivity contribution in [1.82, 2.24) is 4.90 Å². The highest BCUT2D eigenvalue weighted by molar-refractivity contribution is 6.12. The molecule has 2 heterocycles. The second-order valence-electron chi connectivity index (χ2n) is 7.32. The zero-order valence-corrected chi connectivity index (χ0v) is 14.5. The molecule has 0 saturated carbocycles. The molecule has 3 aliphatic rings. The summed E-state index contributed by atoms with van der Waals surface area (Å²) in [7, 11) is 1.89. The molecule has 126 valence electrons. The number of para-hydroxylation sites is 1. The zero-order chi connectivity index (χ0) is 17.0. The van der Waals surface area contributed by atoms with Gasteiger partial charge >= 0.3 is 0 Å². The van der Waals surface area contributed by atoms with Crippen LogP contribution >= 0.6 is 0 Å². The molecule has 1 amide bonds. The summed E-state index contributed by atoms with van der Waals surface area (Å²) in [6.45, 7) is 2.28. The summed E-state index contributed by atoms with van der Waals surface area (Å²) < 4.78 is 0. The van der Waals surface area contributed by atoms with E-state index in [1.165, 1.54) is 18.4 Å². The second kappa shape index (κ2) is 5.30. The molecule has 0 N–H and O–H groups in total. The summed E-state index contributed by atoms with van der Waals surface area (Å²) in [6.07, 6.45) is 6.97. The lowest BCUT2D eigenvalue weighted by atomic mass is 9.69. The number of hydrogen-bond acceptors (Lipinski definition) is 2. The number of carbonyl (C=O) groups is 1. The molecule has 2 aromatic carbocycles. The molecule has 1 saturated heterocycles. The van der Waals surface area contributed by atoms with E-state index in [2.05, 4.69) is 47.4 Å². The first-order valence-corrected chi connectivity index (χ1v) is 9.14. The number of nitrogens with zero attached hydrogens (tertiary/aromatic N) is 2. The Morgan fingerprint density at radius 1 is 0.960 bits per heavy atom. The molecule has 2 aromatic rings. The number of likely N-dealkylation sites (tertiary alicyclic amines) is 1. The molecule has 3 heteroatoms. The van der Waals surface area contributed by atoms with Crippen LogP contribution in [0.4, 0.5) is 5.69 Å². The van der Waals surface area contributed by atoms with Gasteiger partial charge in [-0.3, -0.25) is 9.69 Å². The number of likely N-dealkylation sites (N-methyl/N-ethyl adjacent to an activating group) is 1. The number of carbonyl (C=O) groups excluding carboxylic acids is 1. The van der Waals surface area contributed by atoms with Gasteiger partial charge in [0.1, 0.15) is 5.41 Å². The maximum Gasteiger partial charge on any atom is 0.245 e. The quantitative estimate of drug-likeness (QED) is 0.745. The fourth-order valence-corrected chi connectivity index (χ4v) is 4.89. The van der Waals surface area contributed by atoms with Crippen molar-refractivity contribution in [2.45, 2.75) is 24.3 Å². The van der Waals surface area contributed by atoms with E-state index in [0.717, 1.165) is 29.9 Å². The van der Waals surface area contributed by atoms with Crippen LogP contribution in [0, 0.1) is 0 Å². The average Bonchev–Trinajstić information content (AvgIpc) is 3.26. The predicted octanol–water partition coefficient (Wildman–Crippen LogP) is 3.66. The van der Waals surface area contributed by atoms with Crippen molar-refractivity contribution in [3.63, 3.8) is 0 Å². The van der Waals surface area contributed by atoms with E-state index >= 15 is 0 Å². The standard InChI is InChI=1S/C22H22N2O/c1-23-20-11-5-4-10-18(20)22(21(23)25)13-12-19(24-14-6-7-15-24)16-8-2-3-9-17(16)22/h2-5,8-13,19H,6-7,14-15H2,1H3/t19-,22+/m1/s1. The van der Waals surface area contributed by atoms with Crippen LogP contribution in [-0.2, 0) is 10.2 Å². The van der Waals surface area contributed by atoms with Crippen LogP contribution in [0.2, 0.25) is 0 Å². The minimum Gasteiger partial charge on any atom is -0.314 e. The van der Waals surface area contributed by atoms with Gasteiger partial charge in [0.05, 0.1) is 6.04 Å². The fourth-order valence-electron chi connectivity index (χ4n) is 4.89. The highest BCUT2D eigenvalue weighted by atomic mass is 16.2. The summed E-state index contributed by atoms with van der Waals surface area (Å²) in [6, 6.07) is 17.0. The van der Waals surface area contributed by atoms with Crippen molar-refractivity contribution in [3.8, 4) is 0 Å². The Bertz CT molecular complexity index is 881. The second-order valence-corrected chi connectivity index (χ2v) is 7.32. The Labute approximate surface area is 148 Å². The van der Waals surface area contributed by atoms with E-state index in [4.69, 9.17) is 0 Å². The van der Waals surface area contributed by atoms with Gasteiger partial charge < -0.3 is 4.90 Å². The molecular weight excluding hydrogens is 308 g/mol. The molecule has 0 radical (unpaired) electrons. The molecule has 1 spiro atoms. The molecule has 25 heavy (non-hydrogen) atoms. The molecule has 0 unspecified atom stereocenters. The molecule has 1 aliphatic carbocycles. The number of anilines is 1. The summed E-state index contributed by atoms with van der Waals surface area (Å²) in [5.41, 5.74) is 3.89. The normalized spacial score (nSPS) is 27.8. The van der Waals surface area contributed by atoms with E-state index in [1.807, 2.05) is 30.1 Å². The van der Waals surface area contributed by atoms with Crippen LogP contribution in [0.5, 0.6) is 0 Å². The molecule has 0 bridgehead atoms. The summed E-state index contributed by atoms with van der Waals surface area (Å²) in [5.74, 6) is 0.150. The number of rotatable bonds is 1. The highest BCUT2D eigenvalue weighted by Gasteiger charge is 2.52. The summed E-state index contributed by atoms with van der Waals surface area (Å²) in [5, 5.41) is 0. The molecule has 5 rings (SSSR count). The number of hydrogen-bond donors (Lipinski definition) is 0. The van der Waals surface area contributed by atoms with Crippen molar-refractivity contribution < 1.29 is 4.79 Å². The van der Waals surface area contributed by atoms with Gasteiger partial charge in [-0.1, -0.05) is 54.6 Å². The van der Waals surface area contributed by atoms with E-state index < -0.39 is 5.41 Å². The topological polar surface area (TPSA) is 23.6 Å². The van der Waals surface area contributed by atoms with Gasteiger partial charge in [-0.2, -0.15) is 0 Å². The largest absolute Gasteiger partial charge is 0.314 e. The number of amides is 1. The van der Waals surface area contributed by atoms with Gasteiger partial charge in [0, 0.05) is 12.7 Å². The summed E-state index contributed by atoms with van der Waals surface area (Å²) >= 11 is 0. The van der Waals surface area contributed by atoms with Gasteiger partial charge in [-0.15, -0.1) is 0 Å². The van der Waals surface area contributed by atoms with Crippen molar-refractivity contribution in [2.75, 3.05) is 25.0 Å². The summed E-state index contributed by atoms with van der Waals surface area (Å²) in [4.78, 5) is 17.7. The molecule has 0 aromatic heterocycles. The molecule has 1 fully saturated rings. The first-order chi connectivity index (χ1) is 12.2. The Kier molecular flexibility index (Phi) is 3.16. The van der Waals surface area contributed by atoms with E-state index in [0.29, 0.717) is 0 Å². The third kappa shape index (κ3) is 1.87. The van der Waals surface area contributed by atoms with Crippen LogP contribution in [0.25, 0.3) is 0 Å². The Morgan fingerprint density at radius 3 is 2.44 bits per heavy atom. The molecule has 2 atom stereocenters. The molecular formula is C22H22N2O. The van der Waals surface area contributed by atoms with Gasteiger partial charge in [-0.05, 0) is 48.7 Å². The minimum absolute atomic E-state index is 0.150. The first-order valence-electron chi connectivity index (χ1n) is 9.14. The first kappa shape index (κ1) is 14.9. The van der Waals surface area contributed by atoms with Crippen molar-refractivity contribution in [1.29, 1.82) is 0 Å². The molecule has 2 aliphatic heterocycles. The van der Waals surface area contributed by atoms with Gasteiger partial charge in [0.2, 0.25) is 5.91 Å². The Balaban J connectivity index is 1.74. The predicted molar refractivity (Wildman–Crippen MR) is 99.8 cm³/mol. The monoisotopic (exact) mass is 330 g/mol. The lowest BCUT2D eigenvalue weighted by Crippen LogP contribution is -2.42. The third-order valence-corrected chi connectivity index (χ3v) is 6.10. The lowest BCUT2D eigenvalue weighted by molar-refractivity contribution is -0.120. The van der Waals surface area contributed by atoms with Gasteiger partial charge in [-0.25, -0.2) is 0 Å². The van der Waals surface area contributed by atoms with Crippen LogP contribution in [-0.4, -0.2) is 30.9 Å². The Morgan fingerprint density at radius 2 is 1.64 bits per heavy atom. The number of benzene rings is 2. The maximum atomic E-state index is 13.4. The smallest absolute Gasteiger partial charge is 0.245 e. The van der Waals surface area contributed by atoms with Crippen molar-refractivity contribution >= 4 is 11.6 Å². The van der Waals surface area contributed by atoms with E-state index in [9.17, 15) is 4.79 Å². The fraction of sp³-hybridized carbons (Fsp3) is 0.318. The highest BCUT2D eigenvalue weighted by Crippen LogP contribution is 2.51. The van der Waals surface area contributed by atoms with Crippen molar-refractivity contribution in [3.05, 3.63) is 77.4 Å². The van der Waals surface area contributed by atoms with Gasteiger partial charge in [0.15, 0.2) is 0 Å². The lowest BCUT2D eigenvalue weighted by Gasteiger charge is -2.37. The average molecular weight is 330 g/mol. The zero-order valence-electron chi connectivity index (χ0n) is 14.5. The van der Waals surface area contributed by atoms with Crippen LogP contribution < -0.4 is 4.90 Å². The third-order valence-electron chi connectivity index (χ3n) is 6.10. The minimum atomic E-state index is -0.668. The van der Waals surface area contributed by atoms with Gasteiger partial charge in [0.25, 0.3) is 0 Å². The van der Waals surface area contributed by atoms with Crippen LogP contribution in [0.1, 0.15) is 35.6 Å². The number of fused-ring (bicyclic) bond motifs is 4. The Hall–Kier alpha value is -2.39. The van der Waals surface area contributed by atoms with E-state index in [-0.39, 0.29) is 11.9 Å². The maximum absolute atomic E-state index is 13.4. The SMILES string of the molecule is CN1C(=O)[C@]2(C=C[C@@H](N3CCCC3)c3ccccc32)c2ccccc21. The van der Waals surface area contributed by atoms with Crippen LogP contribution in [0.15, 0.2) is 60.7 Å². The molecule has 3 nitrogen and oxygen atoms in total.